The van der Waals surface area contributed by atoms with Crippen molar-refractivity contribution in [3.8, 4) is 0 Å². The Morgan fingerprint density at radius 3 is 2.68 bits per heavy atom. The number of carbonyl (C=O) groups is 1. The molecule has 1 aliphatic heterocycles. The van der Waals surface area contributed by atoms with Gasteiger partial charge in [-0.15, -0.1) is 0 Å². The number of likely N-dealkylation sites (tertiary alicyclic amines) is 1. The predicted molar refractivity (Wildman–Crippen MR) is 76.6 cm³/mol. The van der Waals surface area contributed by atoms with E-state index >= 15 is 0 Å². The van der Waals surface area contributed by atoms with Crippen molar-refractivity contribution in [3.63, 3.8) is 0 Å². The van der Waals surface area contributed by atoms with Crippen LogP contribution in [-0.2, 0) is 0 Å². The zero-order valence-electron chi connectivity index (χ0n) is 10.8. The summed E-state index contributed by atoms with van der Waals surface area (Å²) >= 11 is 6.16. The van der Waals surface area contributed by atoms with Crippen molar-refractivity contribution in [3.05, 3.63) is 40.5 Å². The van der Waals surface area contributed by atoms with Crippen LogP contribution < -0.4 is 0 Å². The second-order valence-electron chi connectivity index (χ2n) is 4.92. The van der Waals surface area contributed by atoms with Gasteiger partial charge < -0.3 is 4.90 Å². The van der Waals surface area contributed by atoms with Gasteiger partial charge in [-0.25, -0.2) is 4.98 Å². The number of benzene rings is 1. The van der Waals surface area contributed by atoms with Gasteiger partial charge in [0.25, 0.3) is 5.91 Å². The van der Waals surface area contributed by atoms with Gasteiger partial charge in [-0.3, -0.25) is 4.79 Å². The second kappa shape index (κ2) is 4.82. The molecule has 1 saturated heterocycles. The largest absolute Gasteiger partial charge is 0.339 e. The van der Waals surface area contributed by atoms with E-state index in [0.29, 0.717) is 10.7 Å². The lowest BCUT2D eigenvalue weighted by atomic mass is 10.0. The van der Waals surface area contributed by atoms with Crippen molar-refractivity contribution < 1.29 is 4.79 Å². The standard InChI is InChI=1S/C15H15ClN2O/c1-10-13(15(19)18-8-4-5-9-18)11-6-2-3-7-12(11)17-14(10)16/h2-3,6-7H,4-5,8-9H2,1H3. The molecule has 0 aliphatic carbocycles. The number of para-hydroxylation sites is 1. The Kier molecular flexibility index (Phi) is 3.15. The van der Waals surface area contributed by atoms with E-state index in [9.17, 15) is 4.79 Å². The molecule has 0 bridgehead atoms. The van der Waals surface area contributed by atoms with Crippen molar-refractivity contribution in [2.75, 3.05) is 13.1 Å². The summed E-state index contributed by atoms with van der Waals surface area (Å²) in [6.45, 7) is 3.55. The van der Waals surface area contributed by atoms with Gasteiger partial charge in [0, 0.05) is 18.5 Å². The number of halogens is 1. The summed E-state index contributed by atoms with van der Waals surface area (Å²) in [5, 5.41) is 1.31. The van der Waals surface area contributed by atoms with Gasteiger partial charge in [0.15, 0.2) is 0 Å². The van der Waals surface area contributed by atoms with Gasteiger partial charge in [-0.1, -0.05) is 29.8 Å². The first-order chi connectivity index (χ1) is 9.18. The number of rotatable bonds is 1. The second-order valence-corrected chi connectivity index (χ2v) is 5.28. The number of amides is 1. The van der Waals surface area contributed by atoms with Gasteiger partial charge in [0.2, 0.25) is 0 Å². The minimum absolute atomic E-state index is 0.0792. The Morgan fingerprint density at radius 1 is 1.26 bits per heavy atom. The van der Waals surface area contributed by atoms with Crippen molar-refractivity contribution in [2.45, 2.75) is 19.8 Å². The summed E-state index contributed by atoms with van der Waals surface area (Å²) in [7, 11) is 0. The Bertz CT molecular complexity index is 648. The smallest absolute Gasteiger partial charge is 0.254 e. The third-order valence-corrected chi connectivity index (χ3v) is 4.05. The average molecular weight is 275 g/mol. The topological polar surface area (TPSA) is 33.2 Å². The molecule has 0 atom stereocenters. The zero-order valence-corrected chi connectivity index (χ0v) is 11.6. The summed E-state index contributed by atoms with van der Waals surface area (Å²) < 4.78 is 0. The number of carbonyl (C=O) groups excluding carboxylic acids is 1. The van der Waals surface area contributed by atoms with Crippen LogP contribution in [0.5, 0.6) is 0 Å². The molecule has 2 aromatic rings. The summed E-state index contributed by atoms with van der Waals surface area (Å²) in [6.07, 6.45) is 2.17. The number of hydrogen-bond donors (Lipinski definition) is 0. The molecule has 98 valence electrons. The van der Waals surface area contributed by atoms with Crippen molar-refractivity contribution in [1.82, 2.24) is 9.88 Å². The van der Waals surface area contributed by atoms with Crippen LogP contribution in [0.1, 0.15) is 28.8 Å². The van der Waals surface area contributed by atoms with E-state index in [4.69, 9.17) is 11.6 Å². The first-order valence-corrected chi connectivity index (χ1v) is 6.90. The zero-order chi connectivity index (χ0) is 13.4. The molecule has 0 saturated carbocycles. The van der Waals surface area contributed by atoms with Gasteiger partial charge in [-0.05, 0) is 31.4 Å². The third kappa shape index (κ3) is 2.08. The molecule has 1 fully saturated rings. The van der Waals surface area contributed by atoms with Crippen LogP contribution in [0.2, 0.25) is 5.15 Å². The fourth-order valence-electron chi connectivity index (χ4n) is 2.63. The van der Waals surface area contributed by atoms with Crippen LogP contribution in [0.15, 0.2) is 24.3 Å². The van der Waals surface area contributed by atoms with Gasteiger partial charge in [0.1, 0.15) is 5.15 Å². The lowest BCUT2D eigenvalue weighted by molar-refractivity contribution is 0.0794. The van der Waals surface area contributed by atoms with E-state index in [1.165, 1.54) is 0 Å². The maximum absolute atomic E-state index is 12.7. The molecule has 19 heavy (non-hydrogen) atoms. The summed E-state index contributed by atoms with van der Waals surface area (Å²) in [5.74, 6) is 0.0792. The number of pyridine rings is 1. The van der Waals surface area contributed by atoms with E-state index in [1.807, 2.05) is 36.1 Å². The van der Waals surface area contributed by atoms with E-state index in [-0.39, 0.29) is 5.91 Å². The first-order valence-electron chi connectivity index (χ1n) is 6.52. The van der Waals surface area contributed by atoms with E-state index < -0.39 is 0 Å². The minimum atomic E-state index is 0.0792. The molecule has 3 rings (SSSR count). The number of fused-ring (bicyclic) bond motifs is 1. The van der Waals surface area contributed by atoms with Crippen molar-refractivity contribution in [1.29, 1.82) is 0 Å². The highest BCUT2D eigenvalue weighted by molar-refractivity contribution is 6.31. The normalized spacial score (nSPS) is 15.2. The van der Waals surface area contributed by atoms with Crippen molar-refractivity contribution >= 4 is 28.4 Å². The molecule has 1 amide bonds. The molecule has 0 spiro atoms. The SMILES string of the molecule is Cc1c(Cl)nc2ccccc2c1C(=O)N1CCCC1. The fraction of sp³-hybridized carbons (Fsp3) is 0.333. The van der Waals surface area contributed by atoms with Crippen LogP contribution in [0, 0.1) is 6.92 Å². The maximum atomic E-state index is 12.7. The molecule has 1 aromatic heterocycles. The quantitative estimate of drug-likeness (QED) is 0.747. The van der Waals surface area contributed by atoms with Crippen molar-refractivity contribution in [2.24, 2.45) is 0 Å². The fourth-order valence-corrected chi connectivity index (χ4v) is 2.82. The molecule has 2 heterocycles. The summed E-state index contributed by atoms with van der Waals surface area (Å²) in [5.41, 5.74) is 2.26. The molecule has 0 radical (unpaired) electrons. The molecule has 1 aromatic carbocycles. The lowest BCUT2D eigenvalue weighted by Gasteiger charge is -2.18. The molecule has 0 unspecified atom stereocenters. The predicted octanol–water partition coefficient (Wildman–Crippen LogP) is 3.43. The number of hydrogen-bond acceptors (Lipinski definition) is 2. The van der Waals surface area contributed by atoms with Crippen LogP contribution in [0.25, 0.3) is 10.9 Å². The molecule has 0 N–H and O–H groups in total. The van der Waals surface area contributed by atoms with E-state index in [1.54, 1.807) is 0 Å². The first kappa shape index (κ1) is 12.4. The minimum Gasteiger partial charge on any atom is -0.339 e. The van der Waals surface area contributed by atoms with Crippen LogP contribution in [0.4, 0.5) is 0 Å². The Morgan fingerprint density at radius 2 is 1.95 bits per heavy atom. The highest BCUT2D eigenvalue weighted by Gasteiger charge is 2.24. The average Bonchev–Trinajstić information content (AvgIpc) is 2.93. The van der Waals surface area contributed by atoms with E-state index in [0.717, 1.165) is 42.4 Å². The highest BCUT2D eigenvalue weighted by atomic mass is 35.5. The Labute approximate surface area is 117 Å². The summed E-state index contributed by atoms with van der Waals surface area (Å²) in [4.78, 5) is 18.9. The molecular formula is C15H15ClN2O. The van der Waals surface area contributed by atoms with Crippen LogP contribution in [0.3, 0.4) is 0 Å². The van der Waals surface area contributed by atoms with E-state index in [2.05, 4.69) is 4.98 Å². The van der Waals surface area contributed by atoms with Gasteiger partial charge in [-0.2, -0.15) is 0 Å². The molecule has 4 heteroatoms. The third-order valence-electron chi connectivity index (χ3n) is 3.68. The Hall–Kier alpha value is -1.61. The lowest BCUT2D eigenvalue weighted by Crippen LogP contribution is -2.28. The number of nitrogens with zero attached hydrogens (tertiary/aromatic N) is 2. The maximum Gasteiger partial charge on any atom is 0.254 e. The van der Waals surface area contributed by atoms with Gasteiger partial charge >= 0.3 is 0 Å². The molecular weight excluding hydrogens is 260 g/mol. The highest BCUT2D eigenvalue weighted by Crippen LogP contribution is 2.27. The summed E-state index contributed by atoms with van der Waals surface area (Å²) in [6, 6.07) is 7.67. The van der Waals surface area contributed by atoms with Crippen LogP contribution >= 0.6 is 11.6 Å². The molecule has 1 aliphatic rings. The molecule has 3 nitrogen and oxygen atoms in total. The monoisotopic (exact) mass is 274 g/mol. The Balaban J connectivity index is 2.20. The van der Waals surface area contributed by atoms with Gasteiger partial charge in [0.05, 0.1) is 11.1 Å². The van der Waals surface area contributed by atoms with Crippen LogP contribution in [-0.4, -0.2) is 28.9 Å². The number of aromatic nitrogens is 1.